The van der Waals surface area contributed by atoms with Crippen LogP contribution in [0, 0.1) is 0 Å². The molecule has 3 aromatic carbocycles. The first kappa shape index (κ1) is 15.4. The monoisotopic (exact) mass is 354 g/mol. The topological polar surface area (TPSA) is 24.9 Å². The summed E-state index contributed by atoms with van der Waals surface area (Å²) in [5.74, 6) is 0. The maximum atomic E-state index is 4.78. The van der Waals surface area contributed by atoms with Gasteiger partial charge in [-0.05, 0) is 40.3 Å². The number of thiazole rings is 1. The van der Waals surface area contributed by atoms with Crippen molar-refractivity contribution in [3.8, 4) is 22.4 Å². The zero-order chi connectivity index (χ0) is 17.3. The molecule has 0 saturated heterocycles. The van der Waals surface area contributed by atoms with Gasteiger partial charge in [0.05, 0.1) is 5.69 Å². The molecule has 26 heavy (non-hydrogen) atoms. The number of aromatic nitrogens is 1. The lowest BCUT2D eigenvalue weighted by atomic mass is 10.0. The predicted octanol–water partition coefficient (Wildman–Crippen LogP) is 5.99. The maximum Gasteiger partial charge on any atom is 0.183 e. The molecule has 0 radical (unpaired) electrons. The number of hydrogen-bond acceptors (Lipinski definition) is 3. The smallest absolute Gasteiger partial charge is 0.183 e. The van der Waals surface area contributed by atoms with Crippen LogP contribution in [-0.2, 0) is 13.0 Å². The lowest BCUT2D eigenvalue weighted by Gasteiger charge is -2.04. The quantitative estimate of drug-likeness (QED) is 0.428. The number of nitrogens with one attached hydrogen (secondary N) is 1. The van der Waals surface area contributed by atoms with Gasteiger partial charge in [-0.2, -0.15) is 0 Å². The highest BCUT2D eigenvalue weighted by molar-refractivity contribution is 7.14. The largest absolute Gasteiger partial charge is 0.357 e. The lowest BCUT2D eigenvalue weighted by molar-refractivity contribution is 1.14. The fourth-order valence-corrected chi connectivity index (χ4v) is 4.26. The summed E-state index contributed by atoms with van der Waals surface area (Å²) < 4.78 is 0. The standard InChI is InChI=1S/C23H18N2S/c1-2-6-16(7-3-1)14-24-23-25-22(15-26-23)19-11-10-18-12-17-8-4-5-9-20(17)21(18)13-19/h1-11,13,15H,12,14H2,(H,24,25). The average molecular weight is 354 g/mol. The molecule has 4 aromatic rings. The van der Waals surface area contributed by atoms with E-state index in [2.05, 4.69) is 77.4 Å². The summed E-state index contributed by atoms with van der Waals surface area (Å²) in [7, 11) is 0. The Morgan fingerprint density at radius 3 is 2.58 bits per heavy atom. The van der Waals surface area contributed by atoms with Crippen LogP contribution in [0.2, 0.25) is 0 Å². The van der Waals surface area contributed by atoms with Gasteiger partial charge in [-0.25, -0.2) is 4.98 Å². The van der Waals surface area contributed by atoms with Gasteiger partial charge in [0, 0.05) is 17.5 Å². The third-order valence-electron chi connectivity index (χ3n) is 4.88. The van der Waals surface area contributed by atoms with Gasteiger partial charge in [-0.3, -0.25) is 0 Å². The Hall–Kier alpha value is -2.91. The van der Waals surface area contributed by atoms with Gasteiger partial charge < -0.3 is 5.32 Å². The molecule has 1 aliphatic carbocycles. The minimum atomic E-state index is 0.797. The molecule has 0 unspecified atom stereocenters. The lowest BCUT2D eigenvalue weighted by Crippen LogP contribution is -1.98. The van der Waals surface area contributed by atoms with Crippen molar-refractivity contribution in [3.05, 3.63) is 94.9 Å². The van der Waals surface area contributed by atoms with E-state index >= 15 is 0 Å². The third-order valence-corrected chi connectivity index (χ3v) is 5.68. The SMILES string of the molecule is c1ccc(CNc2nc(-c3ccc4c(c3)-c3ccccc3C4)cs2)cc1. The van der Waals surface area contributed by atoms with Crippen LogP contribution in [0.25, 0.3) is 22.4 Å². The molecule has 126 valence electrons. The zero-order valence-corrected chi connectivity index (χ0v) is 15.1. The highest BCUT2D eigenvalue weighted by Gasteiger charge is 2.18. The number of hydrogen-bond donors (Lipinski definition) is 1. The molecular formula is C23H18N2S. The highest BCUT2D eigenvalue weighted by atomic mass is 32.1. The first-order valence-electron chi connectivity index (χ1n) is 8.82. The molecule has 0 spiro atoms. The molecule has 0 fully saturated rings. The van der Waals surface area contributed by atoms with Crippen LogP contribution in [0.3, 0.4) is 0 Å². The van der Waals surface area contributed by atoms with Crippen LogP contribution in [-0.4, -0.2) is 4.98 Å². The summed E-state index contributed by atoms with van der Waals surface area (Å²) in [5, 5.41) is 6.52. The molecule has 1 aliphatic rings. The Morgan fingerprint density at radius 1 is 0.846 bits per heavy atom. The summed E-state index contributed by atoms with van der Waals surface area (Å²) in [5.41, 5.74) is 9.03. The first-order valence-corrected chi connectivity index (χ1v) is 9.70. The van der Waals surface area contributed by atoms with Crippen molar-refractivity contribution in [2.24, 2.45) is 0 Å². The number of benzene rings is 3. The number of nitrogens with zero attached hydrogens (tertiary/aromatic N) is 1. The molecule has 0 atom stereocenters. The maximum absolute atomic E-state index is 4.78. The summed E-state index contributed by atoms with van der Waals surface area (Å²) in [6, 6.07) is 25.8. The van der Waals surface area contributed by atoms with Crippen LogP contribution in [0.1, 0.15) is 16.7 Å². The van der Waals surface area contributed by atoms with Crippen molar-refractivity contribution < 1.29 is 0 Å². The predicted molar refractivity (Wildman–Crippen MR) is 110 cm³/mol. The molecule has 5 rings (SSSR count). The average Bonchev–Trinajstić information content (AvgIpc) is 3.31. The van der Waals surface area contributed by atoms with Gasteiger partial charge in [0.1, 0.15) is 0 Å². The Balaban J connectivity index is 1.39. The second-order valence-electron chi connectivity index (χ2n) is 6.58. The van der Waals surface area contributed by atoms with Crippen molar-refractivity contribution in [1.82, 2.24) is 4.98 Å². The molecule has 1 heterocycles. The number of rotatable bonds is 4. The molecule has 1 N–H and O–H groups in total. The van der Waals surface area contributed by atoms with E-state index in [0.29, 0.717) is 0 Å². The van der Waals surface area contributed by atoms with Gasteiger partial charge in [0.15, 0.2) is 5.13 Å². The van der Waals surface area contributed by atoms with Crippen LogP contribution in [0.15, 0.2) is 78.2 Å². The van der Waals surface area contributed by atoms with Gasteiger partial charge in [0.2, 0.25) is 0 Å². The second kappa shape index (κ2) is 6.43. The summed E-state index contributed by atoms with van der Waals surface area (Å²) in [6.07, 6.45) is 1.03. The van der Waals surface area contributed by atoms with E-state index in [4.69, 9.17) is 4.98 Å². The van der Waals surface area contributed by atoms with Crippen molar-refractivity contribution in [2.75, 3.05) is 5.32 Å². The normalized spacial score (nSPS) is 11.8. The van der Waals surface area contributed by atoms with E-state index in [1.54, 1.807) is 11.3 Å². The fourth-order valence-electron chi connectivity index (χ4n) is 3.54. The summed E-state index contributed by atoms with van der Waals surface area (Å²) in [4.78, 5) is 4.78. The minimum absolute atomic E-state index is 0.797. The van der Waals surface area contributed by atoms with E-state index in [1.165, 1.54) is 33.4 Å². The molecule has 0 aliphatic heterocycles. The van der Waals surface area contributed by atoms with E-state index in [9.17, 15) is 0 Å². The van der Waals surface area contributed by atoms with Crippen molar-refractivity contribution in [1.29, 1.82) is 0 Å². The van der Waals surface area contributed by atoms with E-state index in [1.807, 2.05) is 6.07 Å². The Morgan fingerprint density at radius 2 is 1.65 bits per heavy atom. The van der Waals surface area contributed by atoms with Crippen LogP contribution in [0.5, 0.6) is 0 Å². The Kier molecular flexibility index (Phi) is 3.80. The number of anilines is 1. The molecule has 3 heteroatoms. The Bertz CT molecular complexity index is 1070. The van der Waals surface area contributed by atoms with Gasteiger partial charge in [-0.15, -0.1) is 11.3 Å². The molecule has 0 amide bonds. The molecular weight excluding hydrogens is 336 g/mol. The van der Waals surface area contributed by atoms with Crippen LogP contribution >= 0.6 is 11.3 Å². The zero-order valence-electron chi connectivity index (χ0n) is 14.3. The fraction of sp³-hybridized carbons (Fsp3) is 0.0870. The Labute approximate surface area is 157 Å². The van der Waals surface area contributed by atoms with E-state index in [-0.39, 0.29) is 0 Å². The first-order chi connectivity index (χ1) is 12.9. The molecule has 0 bridgehead atoms. The van der Waals surface area contributed by atoms with Gasteiger partial charge in [-0.1, -0.05) is 66.7 Å². The summed E-state index contributed by atoms with van der Waals surface area (Å²) >= 11 is 1.66. The third kappa shape index (κ3) is 2.80. The van der Waals surface area contributed by atoms with Crippen molar-refractivity contribution in [2.45, 2.75) is 13.0 Å². The second-order valence-corrected chi connectivity index (χ2v) is 7.44. The van der Waals surface area contributed by atoms with E-state index in [0.717, 1.165) is 23.8 Å². The minimum Gasteiger partial charge on any atom is -0.357 e. The van der Waals surface area contributed by atoms with Crippen molar-refractivity contribution in [3.63, 3.8) is 0 Å². The van der Waals surface area contributed by atoms with Crippen LogP contribution in [0.4, 0.5) is 5.13 Å². The van der Waals surface area contributed by atoms with Gasteiger partial charge in [0.25, 0.3) is 0 Å². The molecule has 2 nitrogen and oxygen atoms in total. The highest BCUT2D eigenvalue weighted by Crippen LogP contribution is 2.39. The molecule has 0 saturated carbocycles. The van der Waals surface area contributed by atoms with Gasteiger partial charge >= 0.3 is 0 Å². The summed E-state index contributed by atoms with van der Waals surface area (Å²) in [6.45, 7) is 0.797. The van der Waals surface area contributed by atoms with Crippen LogP contribution < -0.4 is 5.32 Å². The van der Waals surface area contributed by atoms with Crippen molar-refractivity contribution >= 4 is 16.5 Å². The number of fused-ring (bicyclic) bond motifs is 3. The van der Waals surface area contributed by atoms with E-state index < -0.39 is 0 Å². The molecule has 1 aromatic heterocycles.